The molecule has 0 spiro atoms. The standard InChI is InChI=1S/C16H19N5O3/c22-21(23)14-11-17-16(18-12-14)19-13-3-5-15(6-4-13)24-10-9-20-7-1-2-8-20/h3-6,11-12H,1-2,7-10H2,(H,17,18,19). The highest BCUT2D eigenvalue weighted by atomic mass is 16.6. The maximum Gasteiger partial charge on any atom is 0.305 e. The van der Waals surface area contributed by atoms with Gasteiger partial charge in [-0.3, -0.25) is 15.0 Å². The summed E-state index contributed by atoms with van der Waals surface area (Å²) in [6.45, 7) is 3.97. The van der Waals surface area contributed by atoms with Gasteiger partial charge in [0.05, 0.1) is 4.92 Å². The van der Waals surface area contributed by atoms with Crippen molar-refractivity contribution in [2.24, 2.45) is 0 Å². The second kappa shape index (κ2) is 7.69. The van der Waals surface area contributed by atoms with Crippen LogP contribution in [0.15, 0.2) is 36.7 Å². The topological polar surface area (TPSA) is 93.4 Å². The molecule has 2 heterocycles. The minimum Gasteiger partial charge on any atom is -0.492 e. The van der Waals surface area contributed by atoms with Gasteiger partial charge in [-0.05, 0) is 50.2 Å². The van der Waals surface area contributed by atoms with E-state index in [1.807, 2.05) is 24.3 Å². The lowest BCUT2D eigenvalue weighted by atomic mass is 10.3. The number of benzene rings is 1. The smallest absolute Gasteiger partial charge is 0.305 e. The first-order chi connectivity index (χ1) is 11.7. The predicted molar refractivity (Wildman–Crippen MR) is 89.6 cm³/mol. The van der Waals surface area contributed by atoms with Crippen LogP contribution in [0.4, 0.5) is 17.3 Å². The molecular formula is C16H19N5O3. The minimum atomic E-state index is -0.530. The summed E-state index contributed by atoms with van der Waals surface area (Å²) < 4.78 is 5.74. The van der Waals surface area contributed by atoms with Crippen LogP contribution in [-0.4, -0.2) is 46.0 Å². The zero-order chi connectivity index (χ0) is 16.8. The van der Waals surface area contributed by atoms with Crippen molar-refractivity contribution in [3.05, 3.63) is 46.8 Å². The van der Waals surface area contributed by atoms with E-state index in [1.165, 1.54) is 38.3 Å². The number of ether oxygens (including phenoxy) is 1. The van der Waals surface area contributed by atoms with Gasteiger partial charge in [-0.2, -0.15) is 0 Å². The summed E-state index contributed by atoms with van der Waals surface area (Å²) in [6.07, 6.45) is 4.91. The van der Waals surface area contributed by atoms with Gasteiger partial charge in [0.15, 0.2) is 0 Å². The summed E-state index contributed by atoms with van der Waals surface area (Å²) in [5, 5.41) is 13.6. The van der Waals surface area contributed by atoms with Crippen LogP contribution in [-0.2, 0) is 0 Å². The lowest BCUT2D eigenvalue weighted by molar-refractivity contribution is -0.385. The number of hydrogen-bond acceptors (Lipinski definition) is 7. The number of rotatable bonds is 7. The molecule has 8 heteroatoms. The van der Waals surface area contributed by atoms with E-state index in [-0.39, 0.29) is 5.69 Å². The van der Waals surface area contributed by atoms with Crippen molar-refractivity contribution >= 4 is 17.3 Å². The van der Waals surface area contributed by atoms with Crippen molar-refractivity contribution in [1.29, 1.82) is 0 Å². The molecule has 8 nitrogen and oxygen atoms in total. The van der Waals surface area contributed by atoms with Crippen LogP contribution in [0.25, 0.3) is 0 Å². The summed E-state index contributed by atoms with van der Waals surface area (Å²) in [5.74, 6) is 1.12. The number of nitro groups is 1. The summed E-state index contributed by atoms with van der Waals surface area (Å²) in [6, 6.07) is 7.46. The van der Waals surface area contributed by atoms with E-state index >= 15 is 0 Å². The number of likely N-dealkylation sites (tertiary alicyclic amines) is 1. The third-order valence-corrected chi connectivity index (χ3v) is 3.83. The summed E-state index contributed by atoms with van der Waals surface area (Å²) in [7, 11) is 0. The molecule has 126 valence electrons. The van der Waals surface area contributed by atoms with E-state index in [0.29, 0.717) is 12.6 Å². The summed E-state index contributed by atoms with van der Waals surface area (Å²) in [5.41, 5.74) is 0.651. The molecule has 0 atom stereocenters. The van der Waals surface area contributed by atoms with Gasteiger partial charge in [0.1, 0.15) is 24.8 Å². The molecule has 1 saturated heterocycles. The average molecular weight is 329 g/mol. The van der Waals surface area contributed by atoms with Gasteiger partial charge in [0.25, 0.3) is 0 Å². The van der Waals surface area contributed by atoms with E-state index in [2.05, 4.69) is 20.2 Å². The maximum atomic E-state index is 10.6. The Hall–Kier alpha value is -2.74. The summed E-state index contributed by atoms with van der Waals surface area (Å²) in [4.78, 5) is 20.3. The molecule has 1 N–H and O–H groups in total. The van der Waals surface area contributed by atoms with E-state index < -0.39 is 4.92 Å². The molecule has 3 rings (SSSR count). The van der Waals surface area contributed by atoms with Gasteiger partial charge < -0.3 is 10.1 Å². The van der Waals surface area contributed by atoms with Crippen LogP contribution >= 0.6 is 0 Å². The Bertz CT molecular complexity index is 669. The van der Waals surface area contributed by atoms with Crippen molar-refractivity contribution in [2.45, 2.75) is 12.8 Å². The first-order valence-corrected chi connectivity index (χ1v) is 7.89. The molecule has 0 unspecified atom stereocenters. The van der Waals surface area contributed by atoms with Crippen molar-refractivity contribution in [1.82, 2.24) is 14.9 Å². The zero-order valence-corrected chi connectivity index (χ0v) is 13.2. The Morgan fingerprint density at radius 3 is 2.46 bits per heavy atom. The molecule has 0 aliphatic carbocycles. The van der Waals surface area contributed by atoms with E-state index in [4.69, 9.17) is 4.74 Å². The number of nitrogens with one attached hydrogen (secondary N) is 1. The first kappa shape index (κ1) is 16.1. The van der Waals surface area contributed by atoms with E-state index in [0.717, 1.165) is 18.0 Å². The lowest BCUT2D eigenvalue weighted by Crippen LogP contribution is -2.25. The van der Waals surface area contributed by atoms with Gasteiger partial charge in [0.2, 0.25) is 5.95 Å². The number of aromatic nitrogens is 2. The average Bonchev–Trinajstić information content (AvgIpc) is 3.10. The molecule has 1 fully saturated rings. The maximum absolute atomic E-state index is 10.6. The quantitative estimate of drug-likeness (QED) is 0.616. The third kappa shape index (κ3) is 4.39. The first-order valence-electron chi connectivity index (χ1n) is 7.89. The van der Waals surface area contributed by atoms with Crippen molar-refractivity contribution in [2.75, 3.05) is 31.6 Å². The number of hydrogen-bond donors (Lipinski definition) is 1. The van der Waals surface area contributed by atoms with E-state index in [1.54, 1.807) is 0 Å². The van der Waals surface area contributed by atoms with Crippen molar-refractivity contribution in [3.8, 4) is 5.75 Å². The predicted octanol–water partition coefficient (Wildman–Crippen LogP) is 2.60. The van der Waals surface area contributed by atoms with Gasteiger partial charge >= 0.3 is 5.69 Å². The largest absolute Gasteiger partial charge is 0.492 e. The normalized spacial score (nSPS) is 14.5. The highest BCUT2D eigenvalue weighted by molar-refractivity contribution is 5.54. The van der Waals surface area contributed by atoms with E-state index in [9.17, 15) is 10.1 Å². The number of nitrogens with zero attached hydrogens (tertiary/aromatic N) is 4. The third-order valence-electron chi connectivity index (χ3n) is 3.83. The Morgan fingerprint density at radius 1 is 1.17 bits per heavy atom. The molecule has 0 radical (unpaired) electrons. The molecule has 24 heavy (non-hydrogen) atoms. The fraction of sp³-hybridized carbons (Fsp3) is 0.375. The molecule has 1 aromatic carbocycles. The molecule has 0 bridgehead atoms. The molecule has 0 saturated carbocycles. The van der Waals surface area contributed by atoms with Crippen molar-refractivity contribution in [3.63, 3.8) is 0 Å². The van der Waals surface area contributed by atoms with Crippen LogP contribution in [0.3, 0.4) is 0 Å². The molecule has 1 aliphatic heterocycles. The molecule has 1 aliphatic rings. The molecular weight excluding hydrogens is 310 g/mol. The van der Waals surface area contributed by atoms with Gasteiger partial charge in [-0.25, -0.2) is 9.97 Å². The van der Waals surface area contributed by atoms with Gasteiger partial charge in [0, 0.05) is 12.2 Å². The Balaban J connectivity index is 1.49. The fourth-order valence-corrected chi connectivity index (χ4v) is 2.54. The van der Waals surface area contributed by atoms with Crippen LogP contribution in [0, 0.1) is 10.1 Å². The van der Waals surface area contributed by atoms with Crippen LogP contribution in [0.5, 0.6) is 5.75 Å². The molecule has 1 aromatic heterocycles. The number of anilines is 2. The fourth-order valence-electron chi connectivity index (χ4n) is 2.54. The Kier molecular flexibility index (Phi) is 5.17. The van der Waals surface area contributed by atoms with Crippen LogP contribution in [0.2, 0.25) is 0 Å². The second-order valence-corrected chi connectivity index (χ2v) is 5.57. The highest BCUT2D eigenvalue weighted by Gasteiger charge is 2.10. The summed E-state index contributed by atoms with van der Waals surface area (Å²) >= 11 is 0. The lowest BCUT2D eigenvalue weighted by Gasteiger charge is -2.15. The Morgan fingerprint density at radius 2 is 1.83 bits per heavy atom. The van der Waals surface area contributed by atoms with Gasteiger partial charge in [-0.15, -0.1) is 0 Å². The molecule has 0 amide bonds. The zero-order valence-electron chi connectivity index (χ0n) is 13.2. The van der Waals surface area contributed by atoms with Crippen LogP contribution in [0.1, 0.15) is 12.8 Å². The monoisotopic (exact) mass is 329 g/mol. The SMILES string of the molecule is O=[N+]([O-])c1cnc(Nc2ccc(OCCN3CCCC3)cc2)nc1. The second-order valence-electron chi connectivity index (χ2n) is 5.57. The van der Waals surface area contributed by atoms with Crippen LogP contribution < -0.4 is 10.1 Å². The minimum absolute atomic E-state index is 0.137. The molecule has 2 aromatic rings. The highest BCUT2D eigenvalue weighted by Crippen LogP contribution is 2.19. The Labute approximate surface area is 139 Å². The van der Waals surface area contributed by atoms with Crippen molar-refractivity contribution < 1.29 is 9.66 Å². The van der Waals surface area contributed by atoms with Gasteiger partial charge in [-0.1, -0.05) is 0 Å².